The Kier molecular flexibility index (Phi) is 12.5. The highest BCUT2D eigenvalue weighted by molar-refractivity contribution is 6.07. The van der Waals surface area contributed by atoms with Gasteiger partial charge in [-0.1, -0.05) is 84.9 Å². The quantitative estimate of drug-likeness (QED) is 0.0840. The normalized spacial score (nSPS) is 21.2. The number of fused-ring (bicyclic) bond motifs is 1. The molecule has 2 aliphatic rings. The molecule has 0 aliphatic carbocycles. The van der Waals surface area contributed by atoms with Gasteiger partial charge >= 0.3 is 6.03 Å². The minimum atomic E-state index is -0.642. The minimum Gasteiger partial charge on any atom is -0.502 e. The van der Waals surface area contributed by atoms with Crippen LogP contribution in [0.4, 0.5) is 16.3 Å². The first kappa shape index (κ1) is 42.2. The molecule has 2 unspecified atom stereocenters. The molecule has 3 heterocycles. The number of carbonyl (C=O) groups is 3. The number of aliphatic hydroxyl groups is 1. The Labute approximate surface area is 341 Å². The van der Waals surface area contributed by atoms with Crippen LogP contribution in [0.1, 0.15) is 79.0 Å². The van der Waals surface area contributed by atoms with E-state index in [1.165, 1.54) is 4.90 Å². The van der Waals surface area contributed by atoms with Crippen molar-refractivity contribution < 1.29 is 29.0 Å². The number of rotatable bonds is 12. The lowest BCUT2D eigenvalue weighted by Crippen LogP contribution is -2.52. The van der Waals surface area contributed by atoms with Gasteiger partial charge in [0, 0.05) is 66.3 Å². The van der Waals surface area contributed by atoms with E-state index in [0.29, 0.717) is 48.8 Å². The Bertz CT molecular complexity index is 2170. The zero-order chi connectivity index (χ0) is 41.8. The second kappa shape index (κ2) is 17.2. The number of nitrogens with one attached hydrogen (secondary N) is 3. The Morgan fingerprint density at radius 1 is 0.931 bits per heavy atom. The summed E-state index contributed by atoms with van der Waals surface area (Å²) in [6, 6.07) is 20.5. The summed E-state index contributed by atoms with van der Waals surface area (Å²) in [5.41, 5.74) is 1.86. The predicted molar refractivity (Wildman–Crippen MR) is 227 cm³/mol. The average molecular weight is 794 g/mol. The maximum Gasteiger partial charge on any atom is 0.324 e. The molecule has 4 aromatic rings. The van der Waals surface area contributed by atoms with E-state index in [1.807, 2.05) is 94.4 Å². The van der Waals surface area contributed by atoms with Crippen LogP contribution < -0.4 is 20.7 Å². The predicted octanol–water partition coefficient (Wildman–Crippen LogP) is 7.76. The van der Waals surface area contributed by atoms with Gasteiger partial charge in [0.05, 0.1) is 36.0 Å². The molecule has 1 aromatic heterocycles. The highest BCUT2D eigenvalue weighted by Gasteiger charge is 2.51. The number of amides is 4. The topological polar surface area (TPSA) is 150 Å². The molecule has 3 aromatic carbocycles. The Morgan fingerprint density at radius 2 is 1.60 bits per heavy atom. The van der Waals surface area contributed by atoms with Gasteiger partial charge in [0.1, 0.15) is 18.2 Å². The van der Waals surface area contributed by atoms with Crippen LogP contribution in [0, 0.1) is 10.8 Å². The first-order valence-corrected chi connectivity index (χ1v) is 20.3. The highest BCUT2D eigenvalue weighted by Crippen LogP contribution is 2.51. The van der Waals surface area contributed by atoms with Crippen molar-refractivity contribution in [3.8, 4) is 11.4 Å². The minimum absolute atomic E-state index is 0.103. The summed E-state index contributed by atoms with van der Waals surface area (Å²) in [7, 11) is 1.64. The maximum atomic E-state index is 13.6. The molecule has 0 bridgehead atoms. The van der Waals surface area contributed by atoms with Crippen LogP contribution in [-0.4, -0.2) is 89.0 Å². The van der Waals surface area contributed by atoms with E-state index >= 15 is 0 Å². The first-order valence-electron chi connectivity index (χ1n) is 20.3. The SMILES string of the molecule is CCC1(C)CC(C)(CC)/C(=C(\O)C(=O)NCc2ccc(-n3nc(C(C)(C)C)cc3NC(=O)Nc3ccc(OCCN4CCOCC4)c4ccccc34)cc2)N(C)C1=O. The lowest BCUT2D eigenvalue weighted by Gasteiger charge is -2.49. The largest absolute Gasteiger partial charge is 0.502 e. The van der Waals surface area contributed by atoms with E-state index in [2.05, 4.69) is 41.6 Å². The third-order valence-corrected chi connectivity index (χ3v) is 11.8. The number of anilines is 2. The summed E-state index contributed by atoms with van der Waals surface area (Å²) < 4.78 is 13.3. The summed E-state index contributed by atoms with van der Waals surface area (Å²) in [6.45, 7) is 18.9. The number of morpholine rings is 1. The number of ether oxygens (including phenoxy) is 2. The summed E-state index contributed by atoms with van der Waals surface area (Å²) in [5.74, 6) is 0.0566. The summed E-state index contributed by atoms with van der Waals surface area (Å²) in [5, 5.41) is 26.7. The molecule has 4 N–H and O–H groups in total. The van der Waals surface area contributed by atoms with Crippen LogP contribution in [0.25, 0.3) is 16.5 Å². The molecule has 2 atom stereocenters. The fourth-order valence-corrected chi connectivity index (χ4v) is 7.99. The number of nitrogens with zero attached hydrogens (tertiary/aromatic N) is 4. The lowest BCUT2D eigenvalue weighted by molar-refractivity contribution is -0.146. The van der Waals surface area contributed by atoms with Crippen LogP contribution in [-0.2, 0) is 26.3 Å². The molecule has 310 valence electrons. The molecule has 0 saturated carbocycles. The van der Waals surface area contributed by atoms with Gasteiger partial charge in [-0.2, -0.15) is 5.10 Å². The third-order valence-electron chi connectivity index (χ3n) is 11.8. The number of aromatic nitrogens is 2. The van der Waals surface area contributed by atoms with E-state index in [1.54, 1.807) is 11.7 Å². The van der Waals surface area contributed by atoms with Crippen molar-refractivity contribution in [2.75, 3.05) is 57.1 Å². The number of hydrogen-bond acceptors (Lipinski definition) is 8. The number of carbonyl (C=O) groups excluding carboxylic acids is 3. The van der Waals surface area contributed by atoms with Gasteiger partial charge in [0.15, 0.2) is 0 Å². The zero-order valence-electron chi connectivity index (χ0n) is 35.2. The molecule has 6 rings (SSSR count). The standard InChI is InChI=1S/C45H59N7O6/c1-9-44(6)29-45(7,10-2)41(55)50(8)39(44)38(53)40(54)46-28-30-15-17-31(18-16-30)52-37(27-36(49-52)43(3,4)5)48-42(56)47-34-19-20-35(33-14-12-11-13-32(33)34)58-26-23-51-21-24-57-25-22-51/h11-20,27,53H,9-10,21-26,28-29H2,1-8H3,(H,46,54)(H2,47,48,56)/b39-38+. The molecule has 2 fully saturated rings. The lowest BCUT2D eigenvalue weighted by atomic mass is 9.64. The van der Waals surface area contributed by atoms with Crippen LogP contribution in [0.15, 0.2) is 78.2 Å². The van der Waals surface area contributed by atoms with E-state index in [-0.39, 0.29) is 17.9 Å². The van der Waals surface area contributed by atoms with Crippen LogP contribution in [0.5, 0.6) is 5.75 Å². The van der Waals surface area contributed by atoms with Crippen LogP contribution >= 0.6 is 0 Å². The number of aliphatic hydroxyl groups excluding tert-OH is 1. The molecular formula is C45H59N7O6. The number of allylic oxidation sites excluding steroid dienone is 1. The van der Waals surface area contributed by atoms with Gasteiger partial charge in [-0.3, -0.25) is 19.8 Å². The summed E-state index contributed by atoms with van der Waals surface area (Å²) in [4.78, 5) is 44.0. The molecule has 0 spiro atoms. The van der Waals surface area contributed by atoms with E-state index < -0.39 is 28.5 Å². The smallest absolute Gasteiger partial charge is 0.324 e. The fraction of sp³-hybridized carbons (Fsp3) is 0.467. The van der Waals surface area contributed by atoms with Gasteiger partial charge < -0.3 is 30.1 Å². The molecule has 0 radical (unpaired) electrons. The number of likely N-dealkylation sites (tertiary alicyclic amines) is 1. The maximum absolute atomic E-state index is 13.6. The summed E-state index contributed by atoms with van der Waals surface area (Å²) >= 11 is 0. The molecule has 2 aliphatic heterocycles. The monoisotopic (exact) mass is 793 g/mol. The van der Waals surface area contributed by atoms with Gasteiger partial charge in [-0.25, -0.2) is 9.48 Å². The fourth-order valence-electron chi connectivity index (χ4n) is 7.99. The van der Waals surface area contributed by atoms with E-state index in [4.69, 9.17) is 14.6 Å². The van der Waals surface area contributed by atoms with Gasteiger partial charge in [-0.05, 0) is 49.1 Å². The molecule has 13 heteroatoms. The van der Waals surface area contributed by atoms with Crippen molar-refractivity contribution in [1.29, 1.82) is 0 Å². The Morgan fingerprint density at radius 3 is 2.26 bits per heavy atom. The van der Waals surface area contributed by atoms with Gasteiger partial charge in [-0.15, -0.1) is 0 Å². The van der Waals surface area contributed by atoms with Crippen LogP contribution in [0.3, 0.4) is 0 Å². The van der Waals surface area contributed by atoms with E-state index in [0.717, 1.165) is 60.6 Å². The number of piperidine rings is 1. The van der Waals surface area contributed by atoms with E-state index in [9.17, 15) is 19.5 Å². The third kappa shape index (κ3) is 9.00. The first-order chi connectivity index (χ1) is 27.6. The zero-order valence-corrected chi connectivity index (χ0v) is 35.2. The van der Waals surface area contributed by atoms with Gasteiger partial charge in [0.2, 0.25) is 11.7 Å². The molecule has 2 saturated heterocycles. The average Bonchev–Trinajstić information content (AvgIpc) is 3.64. The second-order valence-corrected chi connectivity index (χ2v) is 17.0. The van der Waals surface area contributed by atoms with Crippen molar-refractivity contribution in [3.05, 3.63) is 89.4 Å². The molecule has 13 nitrogen and oxygen atoms in total. The van der Waals surface area contributed by atoms with Gasteiger partial charge in [0.25, 0.3) is 5.91 Å². The second-order valence-electron chi connectivity index (χ2n) is 17.0. The molecule has 4 amide bonds. The Hall–Kier alpha value is -5.40. The number of benzene rings is 3. The van der Waals surface area contributed by atoms with Crippen LogP contribution in [0.2, 0.25) is 0 Å². The number of hydrogen-bond donors (Lipinski definition) is 4. The van der Waals surface area contributed by atoms with Crippen molar-refractivity contribution in [3.63, 3.8) is 0 Å². The Balaban J connectivity index is 1.15. The highest BCUT2D eigenvalue weighted by atomic mass is 16.5. The molecule has 58 heavy (non-hydrogen) atoms. The van der Waals surface area contributed by atoms with Crippen molar-refractivity contribution in [1.82, 2.24) is 24.9 Å². The summed E-state index contributed by atoms with van der Waals surface area (Å²) in [6.07, 6.45) is 1.87. The van der Waals surface area contributed by atoms with Crippen molar-refractivity contribution in [2.24, 2.45) is 10.8 Å². The number of urea groups is 1. The van der Waals surface area contributed by atoms with Crippen molar-refractivity contribution in [2.45, 2.75) is 79.7 Å². The van der Waals surface area contributed by atoms with Crippen molar-refractivity contribution >= 4 is 40.1 Å². The molecular weight excluding hydrogens is 735 g/mol.